The van der Waals surface area contributed by atoms with E-state index in [0.717, 1.165) is 0 Å². The van der Waals surface area contributed by atoms with Gasteiger partial charge in [-0.15, -0.1) is 0 Å². The number of carbonyl (C=O) groups is 3. The molecule has 0 bridgehead atoms. The van der Waals surface area contributed by atoms with Gasteiger partial charge in [-0.05, 0) is 17.8 Å². The maximum absolute atomic E-state index is 13.4. The molecular weight excluding hydrogens is 446 g/mol. The topological polar surface area (TPSA) is 158 Å². The van der Waals surface area contributed by atoms with Gasteiger partial charge in [0.1, 0.15) is 18.9 Å². The van der Waals surface area contributed by atoms with Crippen LogP contribution < -0.4 is 0 Å². The van der Waals surface area contributed by atoms with Crippen LogP contribution in [0.25, 0.3) is 0 Å². The van der Waals surface area contributed by atoms with E-state index in [9.17, 15) is 34.1 Å². The molecule has 4 aliphatic heterocycles. The van der Waals surface area contributed by atoms with Gasteiger partial charge in [-0.2, -0.15) is 0 Å². The third kappa shape index (κ3) is 1.77. The summed E-state index contributed by atoms with van der Waals surface area (Å²) in [5.74, 6) is -3.74. The van der Waals surface area contributed by atoms with Crippen LogP contribution in [0.4, 0.5) is 4.39 Å². The minimum Gasteiger partial charge on any atom is -0.459 e. The molecule has 0 aromatic carbocycles. The molecule has 12 heteroatoms. The van der Waals surface area contributed by atoms with Crippen molar-refractivity contribution in [3.05, 3.63) is 0 Å². The fraction of sp³-hybridized carbons (Fsp3) is 0.857. The van der Waals surface area contributed by atoms with Crippen LogP contribution in [0.3, 0.4) is 0 Å². The molecule has 6 aliphatic rings. The average Bonchev–Trinajstić information content (AvgIpc) is 3.44. The fourth-order valence-corrected chi connectivity index (χ4v) is 8.22. The monoisotopic (exact) mass is 471 g/mol. The smallest absolute Gasteiger partial charge is 0.343 e. The van der Waals surface area contributed by atoms with E-state index in [1.165, 1.54) is 0 Å². The summed E-state index contributed by atoms with van der Waals surface area (Å²) in [6.45, 7) is 4.26. The number of fused-ring (bicyclic) bond motifs is 1. The van der Waals surface area contributed by atoms with Crippen molar-refractivity contribution in [2.45, 2.75) is 75.2 Å². The van der Waals surface area contributed by atoms with Gasteiger partial charge in [-0.25, -0.2) is 18.8 Å². The number of alkyl halides is 1. The Morgan fingerprint density at radius 1 is 1.12 bits per heavy atom. The van der Waals surface area contributed by atoms with Crippen molar-refractivity contribution in [1.82, 2.24) is 0 Å². The molecule has 11 nitrogen and oxygen atoms in total. The zero-order chi connectivity index (χ0) is 23.9. The van der Waals surface area contributed by atoms with Gasteiger partial charge >= 0.3 is 17.9 Å². The van der Waals surface area contributed by atoms with Crippen molar-refractivity contribution in [3.8, 4) is 0 Å². The summed E-state index contributed by atoms with van der Waals surface area (Å²) in [7, 11) is 0. The van der Waals surface area contributed by atoms with Crippen LogP contribution in [-0.2, 0) is 38.1 Å². The van der Waals surface area contributed by atoms with Crippen LogP contribution in [0.5, 0.6) is 0 Å². The first-order valence-corrected chi connectivity index (χ1v) is 10.9. The second-order valence-corrected chi connectivity index (χ2v) is 10.9. The van der Waals surface area contributed by atoms with Crippen LogP contribution in [0, 0.1) is 22.2 Å². The molecule has 3 N–H and O–H groups in total. The maximum atomic E-state index is 13.4. The van der Waals surface area contributed by atoms with Crippen molar-refractivity contribution >= 4 is 17.9 Å². The first kappa shape index (κ1) is 21.7. The standard InChI is InChI=1S/C21H25FO11/c1-17(2,3)7-6-8-19-9(23)11-20(28,10(24)13(25)31-11)21(19,15(27)30-8)33-16-18(7,19)12(14(26)32-16)29-5-4-22/h7-12,16,23-24,28H,4-6H2,1-3H3/t7-,8?,9-,10+,11?,12-,16?,18?,19?,20+,21?/m0/s1/i22-1. The second kappa shape index (κ2) is 5.85. The van der Waals surface area contributed by atoms with E-state index in [0.29, 0.717) is 0 Å². The molecule has 4 saturated heterocycles. The lowest BCUT2D eigenvalue weighted by Gasteiger charge is -2.48. The van der Waals surface area contributed by atoms with Gasteiger partial charge < -0.3 is 39.0 Å². The number of hydrogen-bond acceptors (Lipinski definition) is 11. The highest BCUT2D eigenvalue weighted by Crippen LogP contribution is 2.84. The highest BCUT2D eigenvalue weighted by Gasteiger charge is 3.04. The average molecular weight is 471 g/mol. The lowest BCUT2D eigenvalue weighted by molar-refractivity contribution is -0.245. The Morgan fingerprint density at radius 2 is 1.82 bits per heavy atom. The Hall–Kier alpha value is -1.86. The number of hydrogen-bond donors (Lipinski definition) is 3. The lowest BCUT2D eigenvalue weighted by Crippen LogP contribution is -2.69. The summed E-state index contributed by atoms with van der Waals surface area (Å²) in [6.07, 6.45) is -9.64. The number of halogens is 1. The zero-order valence-electron chi connectivity index (χ0n) is 18.1. The summed E-state index contributed by atoms with van der Waals surface area (Å²) in [5, 5.41) is 34.1. The number of aliphatic hydroxyl groups is 3. The number of aliphatic hydroxyl groups excluding tert-OH is 2. The third-order valence-corrected chi connectivity index (χ3v) is 8.96. The predicted molar refractivity (Wildman–Crippen MR) is 98.6 cm³/mol. The number of carbonyl (C=O) groups excluding carboxylic acids is 3. The lowest BCUT2D eigenvalue weighted by atomic mass is 9.51. The second-order valence-electron chi connectivity index (χ2n) is 10.9. The Labute approximate surface area is 187 Å². The highest BCUT2D eigenvalue weighted by molar-refractivity contribution is 5.94. The van der Waals surface area contributed by atoms with Gasteiger partial charge in [0, 0.05) is 0 Å². The van der Waals surface area contributed by atoms with Crippen LogP contribution in [0.15, 0.2) is 0 Å². The maximum Gasteiger partial charge on any atom is 0.343 e. The van der Waals surface area contributed by atoms with Crippen molar-refractivity contribution in [3.63, 3.8) is 0 Å². The van der Waals surface area contributed by atoms with Crippen molar-refractivity contribution < 1.29 is 57.8 Å². The van der Waals surface area contributed by atoms with Crippen molar-refractivity contribution in [2.24, 2.45) is 22.2 Å². The van der Waals surface area contributed by atoms with Gasteiger partial charge in [0.2, 0.25) is 11.9 Å². The molecule has 0 aromatic rings. The van der Waals surface area contributed by atoms with Crippen LogP contribution in [0.1, 0.15) is 27.2 Å². The Balaban J connectivity index is 1.68. The predicted octanol–water partition coefficient (Wildman–Crippen LogP) is -1.65. The summed E-state index contributed by atoms with van der Waals surface area (Å²) in [4.78, 5) is 38.7. The molecular formula is C21H25FO11. The van der Waals surface area contributed by atoms with Gasteiger partial charge in [-0.1, -0.05) is 20.8 Å². The molecule has 2 saturated carbocycles. The van der Waals surface area contributed by atoms with Gasteiger partial charge in [0.15, 0.2) is 23.9 Å². The molecule has 33 heavy (non-hydrogen) atoms. The van der Waals surface area contributed by atoms with Gasteiger partial charge in [0.25, 0.3) is 0 Å². The number of ether oxygens (including phenoxy) is 5. The van der Waals surface area contributed by atoms with Crippen LogP contribution in [0.2, 0.25) is 0 Å². The van der Waals surface area contributed by atoms with Crippen LogP contribution in [-0.4, -0.2) is 94.5 Å². The molecule has 6 unspecified atom stereocenters. The SMILES string of the molecule is CC(C)(C)[C@@H]1CC2OC(=O)C34OC5OC(=O)[C@H](OCC[18F])C51C23[C@@H](O)C1OC(=O)[C@@H](O)[C@@]14O. The van der Waals surface area contributed by atoms with E-state index in [1.54, 1.807) is 0 Å². The van der Waals surface area contributed by atoms with Crippen molar-refractivity contribution in [1.29, 1.82) is 0 Å². The van der Waals surface area contributed by atoms with E-state index in [1.807, 2.05) is 20.8 Å². The molecule has 2 spiro atoms. The molecule has 6 rings (SSSR count). The Morgan fingerprint density at radius 3 is 2.45 bits per heavy atom. The minimum absolute atomic E-state index is 0.146. The summed E-state index contributed by atoms with van der Waals surface area (Å²) < 4.78 is 41.2. The van der Waals surface area contributed by atoms with E-state index in [2.05, 4.69) is 0 Å². The van der Waals surface area contributed by atoms with Crippen molar-refractivity contribution in [2.75, 3.05) is 13.3 Å². The normalized spacial score (nSPS) is 55.7. The molecule has 0 radical (unpaired) electrons. The molecule has 11 atom stereocenters. The summed E-state index contributed by atoms with van der Waals surface area (Å²) in [5.41, 5.74) is -9.28. The zero-order valence-corrected chi connectivity index (χ0v) is 18.1. The van der Waals surface area contributed by atoms with E-state index in [-0.39, 0.29) is 6.42 Å². The van der Waals surface area contributed by atoms with Gasteiger partial charge in [0.05, 0.1) is 17.4 Å². The fourth-order valence-electron chi connectivity index (χ4n) is 8.22. The first-order valence-electron chi connectivity index (χ1n) is 10.9. The number of rotatable bonds is 3. The number of esters is 3. The Kier molecular flexibility index (Phi) is 3.84. The highest BCUT2D eigenvalue weighted by atomic mass is 18.2. The quantitative estimate of drug-likeness (QED) is 0.320. The van der Waals surface area contributed by atoms with Gasteiger partial charge in [-0.3, -0.25) is 0 Å². The molecule has 0 aromatic heterocycles. The Bertz CT molecular complexity index is 980. The molecule has 182 valence electrons. The van der Waals surface area contributed by atoms with E-state index in [4.69, 9.17) is 23.7 Å². The summed E-state index contributed by atoms with van der Waals surface area (Å²) in [6, 6.07) is 0. The minimum atomic E-state index is -2.71. The molecule has 4 heterocycles. The van der Waals surface area contributed by atoms with Crippen LogP contribution >= 0.6 is 0 Å². The summed E-state index contributed by atoms with van der Waals surface area (Å²) >= 11 is 0. The third-order valence-electron chi connectivity index (χ3n) is 8.96. The van der Waals surface area contributed by atoms with E-state index >= 15 is 0 Å². The van der Waals surface area contributed by atoms with E-state index < -0.39 is 101 Å². The molecule has 6 fully saturated rings. The molecule has 0 amide bonds. The molecule has 2 aliphatic carbocycles. The first-order chi connectivity index (χ1) is 15.4. The largest absolute Gasteiger partial charge is 0.459 e.